The molecule has 0 saturated carbocycles. The SMILES string of the molecule is O=C(COC(=O)c1ccccc1OCC(=O)Nc1ccccc1F)Nc1ccc(Cl)cc1. The van der Waals surface area contributed by atoms with E-state index in [1.807, 2.05) is 0 Å². The molecule has 3 aromatic carbocycles. The van der Waals surface area contributed by atoms with Crippen molar-refractivity contribution in [2.24, 2.45) is 0 Å². The lowest BCUT2D eigenvalue weighted by atomic mass is 10.2. The van der Waals surface area contributed by atoms with Crippen LogP contribution < -0.4 is 15.4 Å². The number of anilines is 2. The minimum Gasteiger partial charge on any atom is -0.483 e. The van der Waals surface area contributed by atoms with Gasteiger partial charge in [0.15, 0.2) is 13.2 Å². The van der Waals surface area contributed by atoms with E-state index in [1.54, 1.807) is 42.5 Å². The molecule has 7 nitrogen and oxygen atoms in total. The van der Waals surface area contributed by atoms with Gasteiger partial charge in [0.2, 0.25) is 0 Å². The van der Waals surface area contributed by atoms with Crippen molar-refractivity contribution in [3.8, 4) is 5.75 Å². The average molecular weight is 457 g/mol. The Labute approximate surface area is 188 Å². The first-order valence-electron chi connectivity index (χ1n) is 9.41. The maximum absolute atomic E-state index is 13.6. The lowest BCUT2D eigenvalue weighted by Crippen LogP contribution is -2.23. The smallest absolute Gasteiger partial charge is 0.342 e. The monoisotopic (exact) mass is 456 g/mol. The van der Waals surface area contributed by atoms with Gasteiger partial charge in [0.1, 0.15) is 17.1 Å². The second-order valence-corrected chi connectivity index (χ2v) is 6.88. The summed E-state index contributed by atoms with van der Waals surface area (Å²) in [6.45, 7) is -0.987. The van der Waals surface area contributed by atoms with Crippen LogP contribution in [0.3, 0.4) is 0 Å². The fourth-order valence-electron chi connectivity index (χ4n) is 2.59. The van der Waals surface area contributed by atoms with Gasteiger partial charge in [-0.2, -0.15) is 0 Å². The summed E-state index contributed by atoms with van der Waals surface area (Å²) in [6.07, 6.45) is 0. The van der Waals surface area contributed by atoms with Crippen molar-refractivity contribution in [2.75, 3.05) is 23.8 Å². The summed E-state index contributed by atoms with van der Waals surface area (Å²) in [7, 11) is 0. The van der Waals surface area contributed by atoms with Gasteiger partial charge in [0, 0.05) is 10.7 Å². The number of esters is 1. The van der Waals surface area contributed by atoms with Gasteiger partial charge in [0.05, 0.1) is 5.69 Å². The van der Waals surface area contributed by atoms with Crippen LogP contribution in [-0.4, -0.2) is 31.0 Å². The van der Waals surface area contributed by atoms with Gasteiger partial charge in [0.25, 0.3) is 11.8 Å². The Balaban J connectivity index is 1.53. The van der Waals surface area contributed by atoms with E-state index in [0.717, 1.165) is 0 Å². The molecule has 3 aromatic rings. The third-order valence-electron chi connectivity index (χ3n) is 4.08. The number of benzene rings is 3. The van der Waals surface area contributed by atoms with Crippen molar-refractivity contribution in [3.05, 3.63) is 89.2 Å². The third-order valence-corrected chi connectivity index (χ3v) is 4.33. The van der Waals surface area contributed by atoms with Gasteiger partial charge < -0.3 is 20.1 Å². The largest absolute Gasteiger partial charge is 0.483 e. The van der Waals surface area contributed by atoms with E-state index in [9.17, 15) is 18.8 Å². The van der Waals surface area contributed by atoms with Crippen molar-refractivity contribution in [2.45, 2.75) is 0 Å². The molecule has 0 aliphatic heterocycles. The molecule has 9 heteroatoms. The van der Waals surface area contributed by atoms with Crippen LogP contribution >= 0.6 is 11.6 Å². The molecule has 2 amide bonds. The predicted octanol–water partition coefficient (Wildman–Crippen LogP) is 4.29. The molecule has 0 saturated heterocycles. The Morgan fingerprint density at radius 2 is 1.47 bits per heavy atom. The highest BCUT2D eigenvalue weighted by Gasteiger charge is 2.16. The van der Waals surface area contributed by atoms with E-state index in [-0.39, 0.29) is 17.0 Å². The van der Waals surface area contributed by atoms with Gasteiger partial charge in [-0.15, -0.1) is 0 Å². The average Bonchev–Trinajstić information content (AvgIpc) is 2.79. The molecule has 3 rings (SSSR count). The Morgan fingerprint density at radius 3 is 2.22 bits per heavy atom. The minimum atomic E-state index is -0.804. The highest BCUT2D eigenvalue weighted by atomic mass is 35.5. The number of ether oxygens (including phenoxy) is 2. The number of halogens is 2. The second-order valence-electron chi connectivity index (χ2n) is 6.44. The van der Waals surface area contributed by atoms with E-state index in [1.165, 1.54) is 30.3 Å². The summed E-state index contributed by atoms with van der Waals surface area (Å²) in [5, 5.41) is 5.47. The zero-order chi connectivity index (χ0) is 22.9. The van der Waals surface area contributed by atoms with Crippen LogP contribution in [0, 0.1) is 5.82 Å². The molecule has 0 bridgehead atoms. The molecule has 0 radical (unpaired) electrons. The molecule has 0 spiro atoms. The summed E-state index contributed by atoms with van der Waals surface area (Å²) >= 11 is 5.79. The second kappa shape index (κ2) is 10.9. The molecule has 0 fully saturated rings. The van der Waals surface area contributed by atoms with Crippen LogP contribution in [0.1, 0.15) is 10.4 Å². The van der Waals surface area contributed by atoms with Crippen LogP contribution in [-0.2, 0) is 14.3 Å². The van der Waals surface area contributed by atoms with Crippen molar-refractivity contribution in [3.63, 3.8) is 0 Å². The molecule has 164 valence electrons. The van der Waals surface area contributed by atoms with Crippen LogP contribution in [0.2, 0.25) is 5.02 Å². The van der Waals surface area contributed by atoms with Crippen molar-refractivity contribution in [1.29, 1.82) is 0 Å². The van der Waals surface area contributed by atoms with Crippen LogP contribution in [0.15, 0.2) is 72.8 Å². The highest BCUT2D eigenvalue weighted by molar-refractivity contribution is 6.30. The molecule has 2 N–H and O–H groups in total. The van der Waals surface area contributed by atoms with Gasteiger partial charge in [-0.05, 0) is 48.5 Å². The number of hydrogen-bond acceptors (Lipinski definition) is 5. The van der Waals surface area contributed by atoms with Gasteiger partial charge >= 0.3 is 5.97 Å². The van der Waals surface area contributed by atoms with Crippen LogP contribution in [0.4, 0.5) is 15.8 Å². The molecule has 32 heavy (non-hydrogen) atoms. The molecule has 0 aliphatic carbocycles. The Hall–Kier alpha value is -3.91. The number of amides is 2. The topological polar surface area (TPSA) is 93.7 Å². The van der Waals surface area contributed by atoms with Gasteiger partial charge in [-0.1, -0.05) is 35.9 Å². The van der Waals surface area contributed by atoms with Crippen LogP contribution in [0.25, 0.3) is 0 Å². The lowest BCUT2D eigenvalue weighted by molar-refractivity contribution is -0.119. The number of carbonyl (C=O) groups is 3. The molecular formula is C23H18ClFN2O5. The fourth-order valence-corrected chi connectivity index (χ4v) is 2.72. The fraction of sp³-hybridized carbons (Fsp3) is 0.0870. The van der Waals surface area contributed by atoms with Crippen molar-refractivity contribution >= 4 is 40.8 Å². The highest BCUT2D eigenvalue weighted by Crippen LogP contribution is 2.20. The van der Waals surface area contributed by atoms with Crippen molar-refractivity contribution < 1.29 is 28.2 Å². The van der Waals surface area contributed by atoms with E-state index >= 15 is 0 Å². The summed E-state index contributed by atoms with van der Waals surface area (Å²) in [5.74, 6) is -2.45. The Kier molecular flexibility index (Phi) is 7.77. The molecule has 0 atom stereocenters. The zero-order valence-electron chi connectivity index (χ0n) is 16.6. The van der Waals surface area contributed by atoms with Gasteiger partial charge in [-0.25, -0.2) is 9.18 Å². The maximum atomic E-state index is 13.6. The first-order valence-corrected chi connectivity index (χ1v) is 9.79. The Morgan fingerprint density at radius 1 is 0.812 bits per heavy atom. The third kappa shape index (κ3) is 6.55. The first-order chi connectivity index (χ1) is 15.4. The Bertz CT molecular complexity index is 1120. The minimum absolute atomic E-state index is 0.0143. The summed E-state index contributed by atoms with van der Waals surface area (Å²) in [4.78, 5) is 36.4. The number of hydrogen-bond donors (Lipinski definition) is 2. The normalized spacial score (nSPS) is 10.2. The molecule has 0 aliphatic rings. The molecular weight excluding hydrogens is 439 g/mol. The zero-order valence-corrected chi connectivity index (χ0v) is 17.4. The lowest BCUT2D eigenvalue weighted by Gasteiger charge is -2.12. The quantitative estimate of drug-likeness (QED) is 0.493. The summed E-state index contributed by atoms with van der Waals surface area (Å²) in [6, 6.07) is 18.2. The number of rotatable bonds is 8. The molecule has 0 aromatic heterocycles. The summed E-state index contributed by atoms with van der Waals surface area (Å²) < 4.78 is 24.1. The van der Waals surface area contributed by atoms with E-state index < -0.39 is 36.8 Å². The predicted molar refractivity (Wildman–Crippen MR) is 117 cm³/mol. The first kappa shape index (κ1) is 22.8. The van der Waals surface area contributed by atoms with E-state index in [2.05, 4.69) is 10.6 Å². The molecule has 0 heterocycles. The summed E-state index contributed by atoms with van der Waals surface area (Å²) in [5.41, 5.74) is 0.547. The van der Waals surface area contributed by atoms with E-state index in [4.69, 9.17) is 21.1 Å². The van der Waals surface area contributed by atoms with Crippen molar-refractivity contribution in [1.82, 2.24) is 0 Å². The standard InChI is InChI=1S/C23H18ClFN2O5/c24-15-9-11-16(12-10-15)26-21(28)14-32-23(30)17-5-1-4-8-20(17)31-13-22(29)27-19-7-3-2-6-18(19)25/h1-12H,13-14H2,(H,26,28)(H,27,29). The molecule has 0 unspecified atom stereocenters. The van der Waals surface area contributed by atoms with Gasteiger partial charge in [-0.3, -0.25) is 9.59 Å². The van der Waals surface area contributed by atoms with E-state index in [0.29, 0.717) is 10.7 Å². The number of carbonyl (C=O) groups excluding carboxylic acids is 3. The number of para-hydroxylation sites is 2. The number of nitrogens with one attached hydrogen (secondary N) is 2. The van der Waals surface area contributed by atoms with Crippen LogP contribution in [0.5, 0.6) is 5.75 Å². The maximum Gasteiger partial charge on any atom is 0.342 e.